The van der Waals surface area contributed by atoms with Crippen LogP contribution in [-0.2, 0) is 26.0 Å². The summed E-state index contributed by atoms with van der Waals surface area (Å²) in [6, 6.07) is 4.97. The summed E-state index contributed by atoms with van der Waals surface area (Å²) in [5, 5.41) is 14.5. The third-order valence-corrected chi connectivity index (χ3v) is 7.82. The van der Waals surface area contributed by atoms with Crippen LogP contribution in [0.5, 0.6) is 0 Å². The van der Waals surface area contributed by atoms with E-state index in [2.05, 4.69) is 20.8 Å². The number of nitrogens with zero attached hydrogens (tertiary/aromatic N) is 3. The van der Waals surface area contributed by atoms with Crippen LogP contribution in [0, 0.1) is 5.92 Å². The monoisotopic (exact) mass is 481 g/mol. The lowest BCUT2D eigenvalue weighted by molar-refractivity contribution is -0.118. The van der Waals surface area contributed by atoms with Gasteiger partial charge < -0.3 is 10.1 Å². The maximum atomic E-state index is 12.9. The van der Waals surface area contributed by atoms with Crippen molar-refractivity contribution < 1.29 is 22.7 Å². The van der Waals surface area contributed by atoms with Crippen molar-refractivity contribution in [1.29, 1.82) is 0 Å². The molecule has 10 nitrogen and oxygen atoms in total. The number of carbonyl (C=O) groups is 2. The molecule has 1 aromatic heterocycles. The fourth-order valence-corrected chi connectivity index (χ4v) is 5.26. The molecule has 1 fully saturated rings. The highest BCUT2D eigenvalue weighted by molar-refractivity contribution is 7.89. The normalized spacial score (nSPS) is 16.0. The zero-order chi connectivity index (χ0) is 23.3. The SMILES string of the molecule is CCc1nnc(NC(=O)C(NC(=O)c2cccc(S(=O)(=O)N3CCOCC3)c2)C(C)C)s1. The summed E-state index contributed by atoms with van der Waals surface area (Å²) in [6.45, 7) is 6.75. The van der Waals surface area contributed by atoms with E-state index in [9.17, 15) is 18.0 Å². The molecule has 0 spiro atoms. The highest BCUT2D eigenvalue weighted by atomic mass is 32.2. The van der Waals surface area contributed by atoms with E-state index in [0.717, 1.165) is 5.01 Å². The summed E-state index contributed by atoms with van der Waals surface area (Å²) in [5.41, 5.74) is 0.155. The Morgan fingerprint density at radius 1 is 1.22 bits per heavy atom. The smallest absolute Gasteiger partial charge is 0.251 e. The fraction of sp³-hybridized carbons (Fsp3) is 0.500. The number of benzene rings is 1. The minimum atomic E-state index is -3.74. The van der Waals surface area contributed by atoms with Crippen molar-refractivity contribution >= 4 is 38.3 Å². The molecule has 0 aliphatic carbocycles. The Morgan fingerprint density at radius 2 is 1.94 bits per heavy atom. The van der Waals surface area contributed by atoms with E-state index in [-0.39, 0.29) is 29.5 Å². The second-order valence-electron chi connectivity index (χ2n) is 7.58. The van der Waals surface area contributed by atoms with Gasteiger partial charge in [-0.1, -0.05) is 38.2 Å². The first-order chi connectivity index (χ1) is 15.2. The number of anilines is 1. The molecular formula is C20H27N5O5S2. The maximum Gasteiger partial charge on any atom is 0.251 e. The number of aryl methyl sites for hydroxylation is 1. The van der Waals surface area contributed by atoms with Crippen molar-refractivity contribution in [1.82, 2.24) is 19.8 Å². The predicted molar refractivity (Wildman–Crippen MR) is 120 cm³/mol. The van der Waals surface area contributed by atoms with Gasteiger partial charge in [0.15, 0.2) is 0 Å². The molecule has 1 unspecified atom stereocenters. The molecule has 32 heavy (non-hydrogen) atoms. The van der Waals surface area contributed by atoms with Gasteiger partial charge in [-0.3, -0.25) is 14.9 Å². The Balaban J connectivity index is 1.74. The summed E-state index contributed by atoms with van der Waals surface area (Å²) in [7, 11) is -3.74. The lowest BCUT2D eigenvalue weighted by Gasteiger charge is -2.26. The van der Waals surface area contributed by atoms with E-state index in [1.807, 2.05) is 6.92 Å². The molecule has 0 saturated carbocycles. The molecule has 2 aromatic rings. The molecule has 0 radical (unpaired) electrons. The topological polar surface area (TPSA) is 131 Å². The van der Waals surface area contributed by atoms with Crippen molar-refractivity contribution in [2.24, 2.45) is 5.92 Å². The third kappa shape index (κ3) is 5.68. The van der Waals surface area contributed by atoms with E-state index in [4.69, 9.17) is 4.74 Å². The average Bonchev–Trinajstić information content (AvgIpc) is 3.25. The standard InChI is InChI=1S/C20H27N5O5S2/c1-4-16-23-24-20(31-16)22-19(27)17(13(2)3)21-18(26)14-6-5-7-15(12-14)32(28,29)25-8-10-30-11-9-25/h5-7,12-13,17H,4,8-11H2,1-3H3,(H,21,26)(H,22,24,27). The number of rotatable bonds is 8. The number of hydrogen-bond acceptors (Lipinski definition) is 8. The molecule has 1 atom stereocenters. The first kappa shape index (κ1) is 24.2. The molecule has 0 bridgehead atoms. The predicted octanol–water partition coefficient (Wildman–Crippen LogP) is 1.51. The number of aromatic nitrogens is 2. The molecule has 2 N–H and O–H groups in total. The van der Waals surface area contributed by atoms with Crippen LogP contribution in [0.4, 0.5) is 5.13 Å². The van der Waals surface area contributed by atoms with Gasteiger partial charge in [0.05, 0.1) is 18.1 Å². The first-order valence-corrected chi connectivity index (χ1v) is 12.6. The molecule has 12 heteroatoms. The van der Waals surface area contributed by atoms with Crippen molar-refractivity contribution in [2.45, 2.75) is 38.1 Å². The molecule has 2 amide bonds. The largest absolute Gasteiger partial charge is 0.379 e. The van der Waals surface area contributed by atoms with Gasteiger partial charge >= 0.3 is 0 Å². The third-order valence-electron chi connectivity index (χ3n) is 4.94. The van der Waals surface area contributed by atoms with Crippen LogP contribution in [-0.4, -0.2) is 67.1 Å². The Kier molecular flexibility index (Phi) is 7.93. The minimum absolute atomic E-state index is 0.0264. The molecular weight excluding hydrogens is 454 g/mol. The van der Waals surface area contributed by atoms with Gasteiger partial charge in [-0.2, -0.15) is 4.31 Å². The number of nitrogens with one attached hydrogen (secondary N) is 2. The Bertz CT molecular complexity index is 1060. The van der Waals surface area contributed by atoms with Crippen LogP contribution in [0.25, 0.3) is 0 Å². The number of ether oxygens (including phenoxy) is 1. The zero-order valence-corrected chi connectivity index (χ0v) is 19.8. The molecule has 1 aromatic carbocycles. The van der Waals surface area contributed by atoms with Crippen molar-refractivity contribution in [2.75, 3.05) is 31.6 Å². The Labute approximate surface area is 191 Å². The average molecular weight is 482 g/mol. The molecule has 1 aliphatic rings. The lowest BCUT2D eigenvalue weighted by Crippen LogP contribution is -2.47. The van der Waals surface area contributed by atoms with Crippen LogP contribution in [0.2, 0.25) is 0 Å². The Morgan fingerprint density at radius 3 is 2.56 bits per heavy atom. The molecule has 174 valence electrons. The van der Waals surface area contributed by atoms with E-state index in [0.29, 0.717) is 24.8 Å². The maximum absolute atomic E-state index is 12.9. The molecule has 1 saturated heterocycles. The van der Waals surface area contributed by atoms with E-state index < -0.39 is 27.9 Å². The summed E-state index contributed by atoms with van der Waals surface area (Å²) >= 11 is 1.28. The number of amides is 2. The minimum Gasteiger partial charge on any atom is -0.379 e. The van der Waals surface area contributed by atoms with Gasteiger partial charge in [-0.05, 0) is 30.5 Å². The highest BCUT2D eigenvalue weighted by Crippen LogP contribution is 2.19. The van der Waals surface area contributed by atoms with Crippen molar-refractivity contribution in [3.05, 3.63) is 34.8 Å². The number of carbonyl (C=O) groups excluding carboxylic acids is 2. The van der Waals surface area contributed by atoms with Crippen LogP contribution in [0.3, 0.4) is 0 Å². The van der Waals surface area contributed by atoms with Gasteiger partial charge in [0, 0.05) is 18.7 Å². The highest BCUT2D eigenvalue weighted by Gasteiger charge is 2.29. The van der Waals surface area contributed by atoms with Gasteiger partial charge in [-0.25, -0.2) is 8.42 Å². The summed E-state index contributed by atoms with van der Waals surface area (Å²) < 4.78 is 32.3. The second kappa shape index (κ2) is 10.5. The number of hydrogen-bond donors (Lipinski definition) is 2. The van der Waals surface area contributed by atoms with Gasteiger partial charge in [0.1, 0.15) is 11.0 Å². The number of sulfonamides is 1. The van der Waals surface area contributed by atoms with E-state index >= 15 is 0 Å². The quantitative estimate of drug-likeness (QED) is 0.584. The lowest BCUT2D eigenvalue weighted by atomic mass is 10.0. The van der Waals surface area contributed by atoms with Crippen LogP contribution in [0.15, 0.2) is 29.2 Å². The van der Waals surface area contributed by atoms with E-state index in [1.54, 1.807) is 13.8 Å². The van der Waals surface area contributed by atoms with Gasteiger partial charge in [-0.15, -0.1) is 10.2 Å². The van der Waals surface area contributed by atoms with Crippen molar-refractivity contribution in [3.63, 3.8) is 0 Å². The van der Waals surface area contributed by atoms with E-state index in [1.165, 1.54) is 39.9 Å². The van der Waals surface area contributed by atoms with Crippen molar-refractivity contribution in [3.8, 4) is 0 Å². The molecule has 1 aliphatic heterocycles. The van der Waals surface area contributed by atoms with Crippen LogP contribution >= 0.6 is 11.3 Å². The second-order valence-corrected chi connectivity index (χ2v) is 10.6. The zero-order valence-electron chi connectivity index (χ0n) is 18.2. The van der Waals surface area contributed by atoms with Crippen LogP contribution < -0.4 is 10.6 Å². The molecule has 3 rings (SSSR count). The van der Waals surface area contributed by atoms with Crippen LogP contribution in [0.1, 0.15) is 36.1 Å². The summed E-state index contributed by atoms with van der Waals surface area (Å²) in [4.78, 5) is 25.7. The summed E-state index contributed by atoms with van der Waals surface area (Å²) in [5.74, 6) is -1.16. The Hall–Kier alpha value is -2.41. The van der Waals surface area contributed by atoms with Gasteiger partial charge in [0.25, 0.3) is 5.91 Å². The fourth-order valence-electron chi connectivity index (χ4n) is 3.12. The number of morpholine rings is 1. The van der Waals surface area contributed by atoms with Gasteiger partial charge in [0.2, 0.25) is 21.1 Å². The summed E-state index contributed by atoms with van der Waals surface area (Å²) in [6.07, 6.45) is 0.710. The first-order valence-electron chi connectivity index (χ1n) is 10.3. The molecule has 2 heterocycles.